The fourth-order valence-corrected chi connectivity index (χ4v) is 7.08. The molecule has 0 aliphatic heterocycles. The van der Waals surface area contributed by atoms with E-state index in [4.69, 9.17) is 34.2 Å². The van der Waals surface area contributed by atoms with Crippen molar-refractivity contribution in [1.29, 1.82) is 10.5 Å². The average molecular weight is 835 g/mol. The molecule has 63 heavy (non-hydrogen) atoms. The summed E-state index contributed by atoms with van der Waals surface area (Å²) in [4.78, 5) is 27.9. The van der Waals surface area contributed by atoms with Gasteiger partial charge in [0.25, 0.3) is 12.5 Å². The van der Waals surface area contributed by atoms with Crippen molar-refractivity contribution >= 4 is 11.8 Å². The van der Waals surface area contributed by atoms with Crippen molar-refractivity contribution in [2.24, 2.45) is 4.99 Å². The lowest BCUT2D eigenvalue weighted by atomic mass is 9.78. The minimum Gasteiger partial charge on any atom is -0.424 e. The zero-order chi connectivity index (χ0) is 44.6. The summed E-state index contributed by atoms with van der Waals surface area (Å²) >= 11 is 0. The van der Waals surface area contributed by atoms with Gasteiger partial charge in [-0.3, -0.25) is 0 Å². The Morgan fingerprint density at radius 1 is 0.397 bits per heavy atom. The minimum atomic E-state index is -0.373. The normalized spacial score (nSPS) is 11.3. The standard InChI is InChI=1S/C51H42N6O6/c1-49(2,34-7-19-40(20-8-34)54-33-58)37-13-25-43(26-14-37)61-46-55-47(62-44-27-15-38(16-28-44)50(3,4)35-9-21-41(22-10-35)59-31-52)57-48(56-46)63-45-29-17-39(18-30-45)51(5,6)36-11-23-42(24-12-36)60-32-53/h7-30H,1-6H3. The summed E-state index contributed by atoms with van der Waals surface area (Å²) in [6.07, 6.45) is 4.97. The number of hydrogen-bond donors (Lipinski definition) is 0. The molecule has 7 aromatic rings. The van der Waals surface area contributed by atoms with Gasteiger partial charge in [0.1, 0.15) is 28.7 Å². The van der Waals surface area contributed by atoms with Crippen LogP contribution in [0.1, 0.15) is 74.9 Å². The van der Waals surface area contributed by atoms with Crippen molar-refractivity contribution in [3.8, 4) is 59.3 Å². The predicted octanol–water partition coefficient (Wildman–Crippen LogP) is 11.9. The fraction of sp³-hybridized carbons (Fsp3) is 0.176. The number of carbonyl (C=O) groups excluding carboxylic acids is 1. The van der Waals surface area contributed by atoms with Gasteiger partial charge in [0, 0.05) is 16.2 Å². The molecule has 0 aliphatic rings. The van der Waals surface area contributed by atoms with Crippen LogP contribution >= 0.6 is 0 Å². The first-order chi connectivity index (χ1) is 30.3. The van der Waals surface area contributed by atoms with Gasteiger partial charge in [-0.1, -0.05) is 114 Å². The molecule has 1 aromatic heterocycles. The first kappa shape index (κ1) is 42.8. The largest absolute Gasteiger partial charge is 0.424 e. The number of benzene rings is 6. The summed E-state index contributed by atoms with van der Waals surface area (Å²) in [6, 6.07) is 45.0. The Kier molecular flexibility index (Phi) is 12.3. The monoisotopic (exact) mass is 834 g/mol. The van der Waals surface area contributed by atoms with Crippen molar-refractivity contribution < 1.29 is 28.5 Å². The number of rotatable bonds is 15. The highest BCUT2D eigenvalue weighted by Crippen LogP contribution is 2.37. The Morgan fingerprint density at radius 3 is 0.873 bits per heavy atom. The number of ether oxygens (including phenoxy) is 5. The number of nitriles is 2. The summed E-state index contributed by atoms with van der Waals surface area (Å²) in [5.74, 6) is 2.39. The molecule has 0 saturated heterocycles. The molecule has 0 N–H and O–H groups in total. The van der Waals surface area contributed by atoms with Gasteiger partial charge >= 0.3 is 18.0 Å². The number of hydrogen-bond acceptors (Lipinski definition) is 12. The Morgan fingerprint density at radius 2 is 0.635 bits per heavy atom. The number of nitrogens with zero attached hydrogens (tertiary/aromatic N) is 6. The first-order valence-corrected chi connectivity index (χ1v) is 19.9. The van der Waals surface area contributed by atoms with E-state index in [-0.39, 0.29) is 34.3 Å². The van der Waals surface area contributed by atoms with Crippen LogP contribution in [0.25, 0.3) is 0 Å². The van der Waals surface area contributed by atoms with E-state index in [1.54, 1.807) is 55.0 Å². The van der Waals surface area contributed by atoms with Crippen LogP contribution in [0, 0.1) is 23.0 Å². The van der Waals surface area contributed by atoms with Gasteiger partial charge in [-0.25, -0.2) is 4.79 Å². The minimum absolute atomic E-state index is 0.0446. The summed E-state index contributed by atoms with van der Waals surface area (Å²) in [7, 11) is 0. The summed E-state index contributed by atoms with van der Waals surface area (Å²) in [5, 5.41) is 17.7. The lowest BCUT2D eigenvalue weighted by Crippen LogP contribution is -2.18. The van der Waals surface area contributed by atoms with Crippen molar-refractivity contribution in [3.63, 3.8) is 0 Å². The topological polar surface area (TPSA) is 162 Å². The Hall–Kier alpha value is -8.31. The molecule has 0 atom stereocenters. The van der Waals surface area contributed by atoms with E-state index in [2.05, 4.69) is 61.5 Å². The highest BCUT2D eigenvalue weighted by atomic mass is 16.5. The third-order valence-corrected chi connectivity index (χ3v) is 11.2. The zero-order valence-corrected chi connectivity index (χ0v) is 35.5. The van der Waals surface area contributed by atoms with Crippen LogP contribution in [0.5, 0.6) is 46.8 Å². The second-order valence-corrected chi connectivity index (χ2v) is 16.1. The Labute approximate surface area is 365 Å². The molecule has 12 nitrogen and oxygen atoms in total. The predicted molar refractivity (Wildman–Crippen MR) is 235 cm³/mol. The highest BCUT2D eigenvalue weighted by molar-refractivity contribution is 5.51. The van der Waals surface area contributed by atoms with Gasteiger partial charge in [-0.15, -0.1) is 25.5 Å². The molecule has 0 saturated carbocycles. The molecule has 1 heterocycles. The average Bonchev–Trinajstić information content (AvgIpc) is 3.28. The van der Waals surface area contributed by atoms with Crippen LogP contribution < -0.4 is 23.7 Å². The van der Waals surface area contributed by atoms with Crippen LogP contribution in [0.4, 0.5) is 5.69 Å². The van der Waals surface area contributed by atoms with E-state index >= 15 is 0 Å². The second kappa shape index (κ2) is 18.1. The van der Waals surface area contributed by atoms with Crippen molar-refractivity contribution in [2.45, 2.75) is 57.8 Å². The number of isocyanates is 1. The molecule has 0 spiro atoms. The number of aromatic nitrogens is 3. The van der Waals surface area contributed by atoms with Crippen LogP contribution in [0.2, 0.25) is 0 Å². The SMILES string of the molecule is CC(C)(c1ccc(N=C=O)cc1)c1ccc(Oc2nc(Oc3ccc(C(C)(C)c4ccc(OC#N)cc4)cc3)nc(Oc3ccc(C(C)(C)c4ccc(OC#N)cc4)cc3)n2)cc1. The van der Waals surface area contributed by atoms with Crippen LogP contribution in [0.15, 0.2) is 151 Å². The van der Waals surface area contributed by atoms with Gasteiger partial charge in [-0.2, -0.15) is 4.99 Å². The first-order valence-electron chi connectivity index (χ1n) is 19.9. The maximum atomic E-state index is 10.7. The zero-order valence-electron chi connectivity index (χ0n) is 35.5. The molecular weight excluding hydrogens is 793 g/mol. The molecule has 0 aliphatic carbocycles. The highest BCUT2D eigenvalue weighted by Gasteiger charge is 2.26. The fourth-order valence-electron chi connectivity index (χ4n) is 7.08. The third kappa shape index (κ3) is 9.85. The third-order valence-electron chi connectivity index (χ3n) is 11.2. The van der Waals surface area contributed by atoms with Crippen molar-refractivity contribution in [1.82, 2.24) is 15.0 Å². The van der Waals surface area contributed by atoms with Crippen LogP contribution in [-0.4, -0.2) is 21.0 Å². The second-order valence-electron chi connectivity index (χ2n) is 16.1. The number of aliphatic imine (C=N–C) groups is 1. The van der Waals surface area contributed by atoms with E-state index in [9.17, 15) is 4.79 Å². The molecule has 0 bridgehead atoms. The smallest absolute Gasteiger partial charge is 0.331 e. The summed E-state index contributed by atoms with van der Waals surface area (Å²) < 4.78 is 28.5. The maximum absolute atomic E-state index is 10.7. The molecule has 0 fully saturated rings. The van der Waals surface area contributed by atoms with Crippen LogP contribution in [0.3, 0.4) is 0 Å². The molecular formula is C51H42N6O6. The van der Waals surface area contributed by atoms with E-state index in [1.807, 2.05) is 109 Å². The lowest BCUT2D eigenvalue weighted by molar-refractivity contribution is 0.362. The van der Waals surface area contributed by atoms with Gasteiger partial charge in [-0.05, 0) is 106 Å². The van der Waals surface area contributed by atoms with Crippen LogP contribution in [-0.2, 0) is 21.0 Å². The Bertz CT molecular complexity index is 2690. The molecule has 0 radical (unpaired) electrons. The molecule has 12 heteroatoms. The summed E-state index contributed by atoms with van der Waals surface area (Å²) in [6.45, 7) is 12.6. The van der Waals surface area contributed by atoms with Gasteiger partial charge in [0.05, 0.1) is 5.69 Å². The molecule has 7 rings (SSSR count). The van der Waals surface area contributed by atoms with E-state index in [0.29, 0.717) is 34.4 Å². The Balaban J connectivity index is 1.14. The van der Waals surface area contributed by atoms with E-state index < -0.39 is 0 Å². The van der Waals surface area contributed by atoms with E-state index in [0.717, 1.165) is 33.4 Å². The van der Waals surface area contributed by atoms with Gasteiger partial charge in [0.15, 0.2) is 0 Å². The van der Waals surface area contributed by atoms with Gasteiger partial charge in [0.2, 0.25) is 6.08 Å². The molecule has 0 unspecified atom stereocenters. The summed E-state index contributed by atoms with van der Waals surface area (Å²) in [5.41, 5.74) is 5.62. The lowest BCUT2D eigenvalue weighted by Gasteiger charge is -2.26. The molecule has 312 valence electrons. The molecule has 0 amide bonds. The van der Waals surface area contributed by atoms with Crippen molar-refractivity contribution in [2.75, 3.05) is 0 Å². The quantitative estimate of drug-likeness (QED) is 0.0549. The van der Waals surface area contributed by atoms with Crippen molar-refractivity contribution in [3.05, 3.63) is 179 Å². The molecule has 6 aromatic carbocycles. The van der Waals surface area contributed by atoms with E-state index in [1.165, 1.54) is 0 Å². The van der Waals surface area contributed by atoms with Gasteiger partial charge < -0.3 is 23.7 Å². The maximum Gasteiger partial charge on any atom is 0.331 e.